The first-order valence-corrected chi connectivity index (χ1v) is 10.1. The van der Waals surface area contributed by atoms with Crippen molar-refractivity contribution in [3.05, 3.63) is 28.8 Å². The summed E-state index contributed by atoms with van der Waals surface area (Å²) in [6.07, 6.45) is 0.834. The topological polar surface area (TPSA) is 52.1 Å². The molecule has 152 valence electrons. The van der Waals surface area contributed by atoms with Crippen molar-refractivity contribution < 1.29 is 4.74 Å². The van der Waals surface area contributed by atoms with E-state index in [2.05, 4.69) is 39.4 Å². The number of methoxy groups -OCH3 is 1. The first kappa shape index (κ1) is 21.8. The number of halogens is 1. The Morgan fingerprint density at radius 1 is 1.26 bits per heavy atom. The van der Waals surface area contributed by atoms with Crippen LogP contribution in [-0.4, -0.2) is 82.8 Å². The van der Waals surface area contributed by atoms with Crippen LogP contribution in [0.3, 0.4) is 0 Å². The van der Waals surface area contributed by atoms with Gasteiger partial charge in [-0.05, 0) is 37.1 Å². The number of piperazine rings is 1. The molecule has 1 fully saturated rings. The van der Waals surface area contributed by atoms with Crippen molar-refractivity contribution in [2.45, 2.75) is 13.3 Å². The van der Waals surface area contributed by atoms with Gasteiger partial charge in [-0.15, -0.1) is 0 Å². The Morgan fingerprint density at radius 3 is 2.63 bits per heavy atom. The van der Waals surface area contributed by atoms with Gasteiger partial charge in [0.15, 0.2) is 5.96 Å². The van der Waals surface area contributed by atoms with Gasteiger partial charge in [0.2, 0.25) is 0 Å². The lowest BCUT2D eigenvalue weighted by Gasteiger charge is -2.34. The Hall–Kier alpha value is -1.50. The number of nitrogens with zero attached hydrogens (tertiary/aromatic N) is 3. The van der Waals surface area contributed by atoms with Crippen LogP contribution in [0.2, 0.25) is 5.02 Å². The highest BCUT2D eigenvalue weighted by molar-refractivity contribution is 6.31. The minimum absolute atomic E-state index is 0.572. The third kappa shape index (κ3) is 7.56. The quantitative estimate of drug-likeness (QED) is 0.520. The fourth-order valence-electron chi connectivity index (χ4n) is 3.20. The van der Waals surface area contributed by atoms with Crippen LogP contribution in [0.4, 0.5) is 0 Å². The van der Waals surface area contributed by atoms with Crippen LogP contribution in [0.1, 0.15) is 12.5 Å². The van der Waals surface area contributed by atoms with Crippen LogP contribution in [0.15, 0.2) is 23.2 Å². The van der Waals surface area contributed by atoms with Crippen LogP contribution < -0.4 is 15.4 Å². The maximum Gasteiger partial charge on any atom is 0.190 e. The molecule has 1 heterocycles. The second-order valence-electron chi connectivity index (χ2n) is 7.30. The molecule has 1 saturated heterocycles. The summed E-state index contributed by atoms with van der Waals surface area (Å²) < 4.78 is 5.19. The van der Waals surface area contributed by atoms with E-state index < -0.39 is 0 Å². The first-order chi connectivity index (χ1) is 13.0. The summed E-state index contributed by atoms with van der Waals surface area (Å²) in [7, 11) is 5.64. The van der Waals surface area contributed by atoms with Crippen molar-refractivity contribution >= 4 is 17.6 Å². The number of hydrogen-bond donors (Lipinski definition) is 2. The molecule has 27 heavy (non-hydrogen) atoms. The molecular weight excluding hydrogens is 362 g/mol. The number of hydrogen-bond acceptors (Lipinski definition) is 4. The van der Waals surface area contributed by atoms with Crippen molar-refractivity contribution in [1.29, 1.82) is 0 Å². The summed E-state index contributed by atoms with van der Waals surface area (Å²) in [5.74, 6) is 2.19. The van der Waals surface area contributed by atoms with Crippen molar-refractivity contribution in [1.82, 2.24) is 20.4 Å². The summed E-state index contributed by atoms with van der Waals surface area (Å²) in [6, 6.07) is 5.80. The van der Waals surface area contributed by atoms with Crippen molar-refractivity contribution in [2.75, 3.05) is 67.0 Å². The van der Waals surface area contributed by atoms with E-state index in [1.165, 1.54) is 0 Å². The van der Waals surface area contributed by atoms with Gasteiger partial charge in [0.25, 0.3) is 0 Å². The SMILES string of the molecule is CN=C(NCCc1ccc(OC)cc1Cl)NCC(C)CN1CCN(C)CC1. The highest BCUT2D eigenvalue weighted by atomic mass is 35.5. The molecule has 1 aromatic carbocycles. The van der Waals surface area contributed by atoms with E-state index in [-0.39, 0.29) is 0 Å². The average molecular weight is 396 g/mol. The molecule has 2 rings (SSSR count). The Morgan fingerprint density at radius 2 is 2.00 bits per heavy atom. The summed E-state index contributed by atoms with van der Waals surface area (Å²) in [4.78, 5) is 9.26. The van der Waals surface area contributed by atoms with Gasteiger partial charge in [0.1, 0.15) is 5.75 Å². The molecule has 7 heteroatoms. The molecule has 0 aliphatic carbocycles. The zero-order valence-corrected chi connectivity index (χ0v) is 17.9. The highest BCUT2D eigenvalue weighted by Crippen LogP contribution is 2.22. The third-order valence-electron chi connectivity index (χ3n) is 4.95. The number of ether oxygens (including phenoxy) is 1. The molecular formula is C20H34ClN5O. The molecule has 1 aliphatic heterocycles. The van der Waals surface area contributed by atoms with Crippen molar-refractivity contribution in [3.63, 3.8) is 0 Å². The highest BCUT2D eigenvalue weighted by Gasteiger charge is 2.16. The second-order valence-corrected chi connectivity index (χ2v) is 7.70. The van der Waals surface area contributed by atoms with Crippen LogP contribution >= 0.6 is 11.6 Å². The molecule has 0 amide bonds. The van der Waals surface area contributed by atoms with E-state index in [0.717, 1.165) is 74.5 Å². The van der Waals surface area contributed by atoms with E-state index >= 15 is 0 Å². The number of guanidine groups is 1. The third-order valence-corrected chi connectivity index (χ3v) is 5.31. The van der Waals surface area contributed by atoms with Gasteiger partial charge in [-0.1, -0.05) is 24.6 Å². The minimum atomic E-state index is 0.572. The van der Waals surface area contributed by atoms with Gasteiger partial charge in [-0.2, -0.15) is 0 Å². The summed E-state index contributed by atoms with van der Waals surface area (Å²) in [6.45, 7) is 9.75. The zero-order chi connectivity index (χ0) is 19.6. The van der Waals surface area contributed by atoms with E-state index in [1.54, 1.807) is 14.2 Å². The first-order valence-electron chi connectivity index (χ1n) is 9.69. The van der Waals surface area contributed by atoms with E-state index in [9.17, 15) is 0 Å². The van der Waals surface area contributed by atoms with Gasteiger partial charge in [-0.3, -0.25) is 4.99 Å². The fourth-order valence-corrected chi connectivity index (χ4v) is 3.47. The Balaban J connectivity index is 1.68. The van der Waals surface area contributed by atoms with Crippen molar-refractivity contribution in [3.8, 4) is 5.75 Å². The second kappa shape index (κ2) is 11.4. The van der Waals surface area contributed by atoms with E-state index in [0.29, 0.717) is 5.92 Å². The van der Waals surface area contributed by atoms with E-state index in [4.69, 9.17) is 16.3 Å². The smallest absolute Gasteiger partial charge is 0.190 e. The Labute approximate surface area is 168 Å². The van der Waals surface area contributed by atoms with E-state index in [1.807, 2.05) is 18.2 Å². The molecule has 1 aliphatic rings. The van der Waals surface area contributed by atoms with Crippen LogP contribution in [0.25, 0.3) is 0 Å². The molecule has 1 atom stereocenters. The zero-order valence-electron chi connectivity index (χ0n) is 17.1. The number of benzene rings is 1. The average Bonchev–Trinajstić information content (AvgIpc) is 2.67. The summed E-state index contributed by atoms with van der Waals surface area (Å²) >= 11 is 6.30. The lowest BCUT2D eigenvalue weighted by molar-refractivity contribution is 0.139. The van der Waals surface area contributed by atoms with Gasteiger partial charge in [-0.25, -0.2) is 0 Å². The summed E-state index contributed by atoms with van der Waals surface area (Å²) in [5, 5.41) is 7.54. The lowest BCUT2D eigenvalue weighted by atomic mass is 10.1. The van der Waals surface area contributed by atoms with Gasteiger partial charge >= 0.3 is 0 Å². The molecule has 2 N–H and O–H groups in total. The molecule has 6 nitrogen and oxygen atoms in total. The van der Waals surface area contributed by atoms with Crippen LogP contribution in [0.5, 0.6) is 5.75 Å². The molecule has 0 bridgehead atoms. The maximum atomic E-state index is 6.30. The monoisotopic (exact) mass is 395 g/mol. The van der Waals surface area contributed by atoms with Crippen LogP contribution in [-0.2, 0) is 6.42 Å². The normalized spacial score (nSPS) is 17.6. The van der Waals surface area contributed by atoms with Gasteiger partial charge in [0.05, 0.1) is 7.11 Å². The molecule has 0 aromatic heterocycles. The van der Waals surface area contributed by atoms with Gasteiger partial charge < -0.3 is 25.2 Å². The largest absolute Gasteiger partial charge is 0.497 e. The Bertz CT molecular complexity index is 602. The van der Waals surface area contributed by atoms with Crippen LogP contribution in [0, 0.1) is 5.92 Å². The maximum absolute atomic E-state index is 6.30. The standard InChI is InChI=1S/C20H34ClN5O/c1-16(15-26-11-9-25(3)10-12-26)14-24-20(22-2)23-8-7-17-5-6-18(27-4)13-19(17)21/h5-6,13,16H,7-12,14-15H2,1-4H3,(H2,22,23,24). The van der Waals surface area contributed by atoms with Crippen molar-refractivity contribution in [2.24, 2.45) is 10.9 Å². The van der Waals surface area contributed by atoms with Gasteiger partial charge in [0, 0.05) is 57.9 Å². The molecule has 1 aromatic rings. The fraction of sp³-hybridized carbons (Fsp3) is 0.650. The predicted molar refractivity (Wildman–Crippen MR) is 114 cm³/mol. The number of aliphatic imine (C=N–C) groups is 1. The minimum Gasteiger partial charge on any atom is -0.497 e. The molecule has 0 saturated carbocycles. The molecule has 0 radical (unpaired) electrons. The molecule has 1 unspecified atom stereocenters. The Kier molecular flexibility index (Phi) is 9.18. The summed E-state index contributed by atoms with van der Waals surface area (Å²) in [5.41, 5.74) is 1.10. The predicted octanol–water partition coefficient (Wildman–Crippen LogP) is 1.94. The number of likely N-dealkylation sites (N-methyl/N-ethyl adjacent to an activating group) is 1. The number of rotatable bonds is 8. The number of nitrogens with one attached hydrogen (secondary N) is 2. The molecule has 0 spiro atoms. The lowest BCUT2D eigenvalue weighted by Crippen LogP contribution is -2.47.